The van der Waals surface area contributed by atoms with E-state index in [0.717, 1.165) is 120 Å². The summed E-state index contributed by atoms with van der Waals surface area (Å²) in [5.74, 6) is 1.08. The van der Waals surface area contributed by atoms with Crippen molar-refractivity contribution in [2.45, 2.75) is 446 Å². The third kappa shape index (κ3) is 72.3. The van der Waals surface area contributed by atoms with Crippen LogP contribution in [0.2, 0.25) is 0 Å². The lowest BCUT2D eigenvalue weighted by molar-refractivity contribution is -0.161. The first-order chi connectivity index (χ1) is 49.2. The van der Waals surface area contributed by atoms with Crippen molar-refractivity contribution in [1.82, 2.24) is 0 Å². The van der Waals surface area contributed by atoms with Crippen LogP contribution in [0.5, 0.6) is 0 Å². The van der Waals surface area contributed by atoms with Crippen molar-refractivity contribution >= 4 is 39.5 Å². The number of phosphoric acid groups is 2. The van der Waals surface area contributed by atoms with Crippen LogP contribution in [0.25, 0.3) is 0 Å². The van der Waals surface area contributed by atoms with Crippen molar-refractivity contribution in [1.29, 1.82) is 0 Å². The van der Waals surface area contributed by atoms with Crippen LogP contribution in [0.4, 0.5) is 0 Å². The number of carbonyl (C=O) groups excluding carboxylic acids is 4. The zero-order valence-electron chi connectivity index (χ0n) is 67.2. The largest absolute Gasteiger partial charge is 0.472 e. The molecule has 19 heteroatoms. The molecule has 0 aromatic carbocycles. The minimum Gasteiger partial charge on any atom is -0.462 e. The molecule has 0 fully saturated rings. The van der Waals surface area contributed by atoms with Gasteiger partial charge in [-0.25, -0.2) is 9.13 Å². The minimum absolute atomic E-state index is 0.106. The van der Waals surface area contributed by atoms with Gasteiger partial charge >= 0.3 is 39.5 Å². The predicted octanol–water partition coefficient (Wildman–Crippen LogP) is 24.8. The van der Waals surface area contributed by atoms with Gasteiger partial charge in [0, 0.05) is 25.7 Å². The molecule has 3 N–H and O–H groups in total. The van der Waals surface area contributed by atoms with Crippen LogP contribution < -0.4 is 0 Å². The van der Waals surface area contributed by atoms with Crippen molar-refractivity contribution in [2.24, 2.45) is 23.7 Å². The molecule has 0 rings (SSSR count). The molecule has 0 aromatic heterocycles. The fourth-order valence-corrected chi connectivity index (χ4v) is 14.3. The second kappa shape index (κ2) is 72.0. The summed E-state index contributed by atoms with van der Waals surface area (Å²) in [4.78, 5) is 73.1. The minimum atomic E-state index is -4.96. The number of hydrogen-bond donors (Lipinski definition) is 3. The van der Waals surface area contributed by atoms with Crippen molar-refractivity contribution in [3.05, 3.63) is 0 Å². The van der Waals surface area contributed by atoms with E-state index in [0.29, 0.717) is 25.7 Å². The van der Waals surface area contributed by atoms with E-state index < -0.39 is 97.5 Å². The van der Waals surface area contributed by atoms with Crippen LogP contribution in [0.3, 0.4) is 0 Å². The summed E-state index contributed by atoms with van der Waals surface area (Å²) in [6, 6.07) is 0. The summed E-state index contributed by atoms with van der Waals surface area (Å²) in [7, 11) is -9.93. The number of esters is 4. The van der Waals surface area contributed by atoms with Gasteiger partial charge in [-0.3, -0.25) is 37.3 Å². The van der Waals surface area contributed by atoms with Gasteiger partial charge in [0.15, 0.2) is 12.2 Å². The quantitative estimate of drug-likeness (QED) is 0.0222. The molecule has 0 radical (unpaired) electrons. The molecule has 0 amide bonds. The zero-order chi connectivity index (χ0) is 75.3. The fourth-order valence-electron chi connectivity index (χ4n) is 12.7. The van der Waals surface area contributed by atoms with Gasteiger partial charge in [0.05, 0.1) is 26.4 Å². The molecule has 0 aromatic rings. The van der Waals surface area contributed by atoms with E-state index in [9.17, 15) is 43.2 Å². The lowest BCUT2D eigenvalue weighted by Crippen LogP contribution is -2.30. The van der Waals surface area contributed by atoms with Crippen LogP contribution in [-0.2, 0) is 65.4 Å². The number of aliphatic hydroxyl groups excluding tert-OH is 1. The Balaban J connectivity index is 5.22. The highest BCUT2D eigenvalue weighted by atomic mass is 31.2. The topological polar surface area (TPSA) is 237 Å². The molecule has 0 heterocycles. The highest BCUT2D eigenvalue weighted by molar-refractivity contribution is 7.47. The van der Waals surface area contributed by atoms with Gasteiger partial charge in [0.25, 0.3) is 0 Å². The highest BCUT2D eigenvalue weighted by Gasteiger charge is 2.30. The Labute approximate surface area is 626 Å². The molecule has 0 saturated carbocycles. The number of phosphoric ester groups is 2. The summed E-state index contributed by atoms with van der Waals surface area (Å²) < 4.78 is 68.8. The van der Waals surface area contributed by atoms with Crippen molar-refractivity contribution in [3.8, 4) is 0 Å². The molecule has 0 spiro atoms. The predicted molar refractivity (Wildman–Crippen MR) is 418 cm³/mol. The number of carbonyl (C=O) groups is 4. The Kier molecular flexibility index (Phi) is 70.6. The van der Waals surface area contributed by atoms with Gasteiger partial charge < -0.3 is 33.8 Å². The van der Waals surface area contributed by atoms with Crippen LogP contribution in [0.1, 0.15) is 428 Å². The van der Waals surface area contributed by atoms with Crippen LogP contribution >= 0.6 is 15.6 Å². The summed E-state index contributed by atoms with van der Waals surface area (Å²) in [6.07, 6.45) is 59.6. The van der Waals surface area contributed by atoms with Crippen LogP contribution in [0, 0.1) is 23.7 Å². The highest BCUT2D eigenvalue weighted by Crippen LogP contribution is 2.45. The lowest BCUT2D eigenvalue weighted by Gasteiger charge is -2.21. The normalized spacial score (nSPS) is 14.8. The molecule has 102 heavy (non-hydrogen) atoms. The summed E-state index contributed by atoms with van der Waals surface area (Å²) in [5.41, 5.74) is 0. The van der Waals surface area contributed by atoms with E-state index in [4.69, 9.17) is 37.0 Å². The molecular formula is C83H162O17P2. The van der Waals surface area contributed by atoms with Crippen LogP contribution in [0.15, 0.2) is 0 Å². The van der Waals surface area contributed by atoms with Gasteiger partial charge in [-0.05, 0) is 49.4 Å². The number of rotatable bonds is 80. The van der Waals surface area contributed by atoms with E-state index >= 15 is 0 Å². The molecule has 0 aliphatic heterocycles. The lowest BCUT2D eigenvalue weighted by atomic mass is 9.99. The molecule has 17 nitrogen and oxygen atoms in total. The van der Waals surface area contributed by atoms with Gasteiger partial charge in [0.2, 0.25) is 0 Å². The Morgan fingerprint density at radius 2 is 0.471 bits per heavy atom. The maximum Gasteiger partial charge on any atom is 0.472 e. The molecule has 606 valence electrons. The molecule has 8 atom stereocenters. The average molecular weight is 1490 g/mol. The van der Waals surface area contributed by atoms with Gasteiger partial charge in [-0.1, -0.05) is 376 Å². The summed E-state index contributed by atoms with van der Waals surface area (Å²) in [6.45, 7) is 14.3. The van der Waals surface area contributed by atoms with E-state index in [1.165, 1.54) is 225 Å². The Morgan fingerprint density at radius 1 is 0.275 bits per heavy atom. The van der Waals surface area contributed by atoms with Gasteiger partial charge in [0.1, 0.15) is 19.3 Å². The van der Waals surface area contributed by atoms with Gasteiger partial charge in [-0.2, -0.15) is 0 Å². The van der Waals surface area contributed by atoms with Crippen LogP contribution in [-0.4, -0.2) is 96.7 Å². The maximum atomic E-state index is 13.1. The second-order valence-corrected chi connectivity index (χ2v) is 34.0. The van der Waals surface area contributed by atoms with Crippen molar-refractivity contribution in [2.75, 3.05) is 39.6 Å². The third-order valence-electron chi connectivity index (χ3n) is 20.4. The molecule has 5 unspecified atom stereocenters. The average Bonchev–Trinajstić information content (AvgIpc) is 0.915. The van der Waals surface area contributed by atoms with E-state index in [-0.39, 0.29) is 25.7 Å². The first-order valence-electron chi connectivity index (χ1n) is 42.8. The molecule has 0 aliphatic carbocycles. The number of aliphatic hydroxyl groups is 1. The van der Waals surface area contributed by atoms with Crippen molar-refractivity contribution < 1.29 is 80.2 Å². The first-order valence-corrected chi connectivity index (χ1v) is 45.8. The molecule has 0 aliphatic rings. The number of unbranched alkanes of at least 4 members (excludes halogenated alkanes) is 43. The standard InChI is InChI=1S/C83H162O17P2/c1-9-74(6)60-52-44-36-30-24-20-16-14-12-13-15-17-21-25-33-39-49-57-65-82(87)99-78(69-93-80(85)63-55-47-38-32-28-27-31-37-45-53-61-75(7)10-2)71-97-101(89,90)95-67-77(84)68-96-102(91,92)98-72-79(70-94-81(86)64-56-48-42-41-46-54-62-76(8)11-3)100-83(88)66-58-50-40-34-26-22-18-19-23-29-35-43-51-59-73(4)5/h73-79,84H,9-72H2,1-8H3,(H,89,90)(H,91,92)/t74?,75?,76?,77-,78-,79-/m1/s1. The first kappa shape index (κ1) is 100. The summed E-state index contributed by atoms with van der Waals surface area (Å²) >= 11 is 0. The Bertz CT molecular complexity index is 1990. The summed E-state index contributed by atoms with van der Waals surface area (Å²) in [5, 5.41) is 10.7. The number of ether oxygens (including phenoxy) is 4. The molecule has 0 bridgehead atoms. The molecule has 0 saturated heterocycles. The van der Waals surface area contributed by atoms with E-state index in [1.54, 1.807) is 0 Å². The van der Waals surface area contributed by atoms with Crippen molar-refractivity contribution in [3.63, 3.8) is 0 Å². The van der Waals surface area contributed by atoms with Gasteiger partial charge in [-0.15, -0.1) is 0 Å². The Morgan fingerprint density at radius 3 is 0.696 bits per heavy atom. The van der Waals surface area contributed by atoms with E-state index in [1.807, 2.05) is 0 Å². The second-order valence-electron chi connectivity index (χ2n) is 31.1. The zero-order valence-corrected chi connectivity index (χ0v) is 69.0. The fraction of sp³-hybridized carbons (Fsp3) is 0.952. The number of hydrogen-bond acceptors (Lipinski definition) is 15. The SMILES string of the molecule is CCC(C)CCCCCCCCCCCCCCCCCCCCC(=O)O[C@H](COC(=O)CCCCCCCCCCCCC(C)CC)COP(=O)(O)OC[C@@H](O)COP(=O)(O)OC[C@@H](COC(=O)CCCCCCCCC(C)CC)OC(=O)CCCCCCCCCCCCCCCC(C)C. The molecular weight excluding hydrogens is 1330 g/mol. The maximum absolute atomic E-state index is 13.1. The van der Waals surface area contributed by atoms with E-state index in [2.05, 4.69) is 55.4 Å². The smallest absolute Gasteiger partial charge is 0.462 e. The monoisotopic (exact) mass is 1490 g/mol. The Hall–Kier alpha value is -1.94. The third-order valence-corrected chi connectivity index (χ3v) is 22.3.